The molecule has 1 atom stereocenters. The summed E-state index contributed by atoms with van der Waals surface area (Å²) < 4.78 is 1.88. The SMILES string of the molecule is CN(C)CCn1ncc(Cl)c1C(N)Cc1ccccn1. The van der Waals surface area contributed by atoms with Gasteiger partial charge >= 0.3 is 0 Å². The third kappa shape index (κ3) is 3.79. The van der Waals surface area contributed by atoms with Crippen LogP contribution in [-0.4, -0.2) is 40.3 Å². The molecule has 0 aliphatic rings. The lowest BCUT2D eigenvalue weighted by atomic mass is 10.1. The van der Waals surface area contributed by atoms with E-state index in [2.05, 4.69) is 15.0 Å². The van der Waals surface area contributed by atoms with Gasteiger partial charge in [-0.2, -0.15) is 5.10 Å². The van der Waals surface area contributed by atoms with E-state index in [4.69, 9.17) is 17.3 Å². The summed E-state index contributed by atoms with van der Waals surface area (Å²) in [6, 6.07) is 5.61. The van der Waals surface area contributed by atoms with E-state index in [-0.39, 0.29) is 6.04 Å². The molecule has 1 unspecified atom stereocenters. The molecule has 0 amide bonds. The minimum Gasteiger partial charge on any atom is -0.322 e. The predicted molar refractivity (Wildman–Crippen MR) is 80.7 cm³/mol. The fourth-order valence-corrected chi connectivity index (χ4v) is 2.34. The van der Waals surface area contributed by atoms with Crippen LogP contribution in [0.4, 0.5) is 0 Å². The second-order valence-corrected chi connectivity index (χ2v) is 5.44. The van der Waals surface area contributed by atoms with E-state index in [0.717, 1.165) is 24.5 Å². The van der Waals surface area contributed by atoms with Crippen molar-refractivity contribution in [1.29, 1.82) is 0 Å². The Morgan fingerprint density at radius 2 is 2.20 bits per heavy atom. The molecule has 2 N–H and O–H groups in total. The molecule has 0 bridgehead atoms. The number of halogens is 1. The van der Waals surface area contributed by atoms with Crippen LogP contribution in [0, 0.1) is 0 Å². The molecule has 2 aromatic heterocycles. The van der Waals surface area contributed by atoms with Crippen molar-refractivity contribution >= 4 is 11.6 Å². The van der Waals surface area contributed by atoms with Gasteiger partial charge in [0.1, 0.15) is 0 Å². The summed E-state index contributed by atoms with van der Waals surface area (Å²) in [6.45, 7) is 1.66. The van der Waals surface area contributed by atoms with E-state index in [1.54, 1.807) is 12.4 Å². The van der Waals surface area contributed by atoms with Crippen molar-refractivity contribution in [3.8, 4) is 0 Å². The van der Waals surface area contributed by atoms with Crippen molar-refractivity contribution in [2.75, 3.05) is 20.6 Å². The second-order valence-electron chi connectivity index (χ2n) is 5.04. The molecular weight excluding hydrogens is 274 g/mol. The van der Waals surface area contributed by atoms with Crippen LogP contribution < -0.4 is 5.73 Å². The van der Waals surface area contributed by atoms with Crippen LogP contribution in [0.2, 0.25) is 5.02 Å². The molecular formula is C14H20ClN5. The highest BCUT2D eigenvalue weighted by Crippen LogP contribution is 2.23. The Bertz CT molecular complexity index is 538. The monoisotopic (exact) mass is 293 g/mol. The van der Waals surface area contributed by atoms with Gasteiger partial charge < -0.3 is 10.6 Å². The van der Waals surface area contributed by atoms with Crippen molar-refractivity contribution in [3.63, 3.8) is 0 Å². The zero-order valence-corrected chi connectivity index (χ0v) is 12.6. The lowest BCUT2D eigenvalue weighted by Gasteiger charge is -2.16. The Morgan fingerprint density at radius 1 is 1.40 bits per heavy atom. The molecule has 5 nitrogen and oxygen atoms in total. The summed E-state index contributed by atoms with van der Waals surface area (Å²) in [5, 5.41) is 4.93. The maximum absolute atomic E-state index is 6.28. The first-order valence-electron chi connectivity index (χ1n) is 6.59. The lowest BCUT2D eigenvalue weighted by Crippen LogP contribution is -2.24. The van der Waals surface area contributed by atoms with E-state index in [1.165, 1.54) is 0 Å². The summed E-state index contributed by atoms with van der Waals surface area (Å²) in [5.74, 6) is 0. The highest BCUT2D eigenvalue weighted by atomic mass is 35.5. The molecule has 0 aliphatic carbocycles. The summed E-state index contributed by atoms with van der Waals surface area (Å²) in [6.07, 6.45) is 4.08. The number of pyridine rings is 1. The number of nitrogens with two attached hydrogens (primary N) is 1. The molecule has 0 radical (unpaired) electrons. The van der Waals surface area contributed by atoms with Gasteiger partial charge in [0, 0.05) is 24.9 Å². The van der Waals surface area contributed by atoms with Crippen LogP contribution >= 0.6 is 11.6 Å². The van der Waals surface area contributed by atoms with Gasteiger partial charge in [0.15, 0.2) is 0 Å². The molecule has 6 heteroatoms. The van der Waals surface area contributed by atoms with Gasteiger partial charge in [-0.05, 0) is 26.2 Å². The quantitative estimate of drug-likeness (QED) is 0.881. The minimum atomic E-state index is -0.206. The van der Waals surface area contributed by atoms with Crippen molar-refractivity contribution in [3.05, 3.63) is 47.0 Å². The number of hydrogen-bond donors (Lipinski definition) is 1. The fraction of sp³-hybridized carbons (Fsp3) is 0.429. The summed E-state index contributed by atoms with van der Waals surface area (Å²) in [5.41, 5.74) is 8.11. The number of rotatable bonds is 6. The van der Waals surface area contributed by atoms with Gasteiger partial charge in [-0.25, -0.2) is 0 Å². The third-order valence-electron chi connectivity index (χ3n) is 3.10. The number of nitrogens with zero attached hydrogens (tertiary/aromatic N) is 4. The molecule has 0 aliphatic heterocycles. The van der Waals surface area contributed by atoms with Gasteiger partial charge in [0.25, 0.3) is 0 Å². The highest BCUT2D eigenvalue weighted by Gasteiger charge is 2.17. The molecule has 0 aromatic carbocycles. The molecule has 2 heterocycles. The second kappa shape index (κ2) is 6.83. The van der Waals surface area contributed by atoms with Crippen molar-refractivity contribution in [2.24, 2.45) is 5.73 Å². The van der Waals surface area contributed by atoms with Crippen LogP contribution in [0.1, 0.15) is 17.4 Å². The van der Waals surface area contributed by atoms with Gasteiger partial charge in [-0.1, -0.05) is 17.7 Å². The van der Waals surface area contributed by atoms with Gasteiger partial charge in [0.05, 0.1) is 29.5 Å². The van der Waals surface area contributed by atoms with Crippen molar-refractivity contribution in [2.45, 2.75) is 19.0 Å². The Hall–Kier alpha value is -1.43. The Kier molecular flexibility index (Phi) is 5.11. The van der Waals surface area contributed by atoms with E-state index < -0.39 is 0 Å². The van der Waals surface area contributed by atoms with E-state index in [9.17, 15) is 0 Å². The maximum atomic E-state index is 6.28. The Labute approximate surface area is 124 Å². The van der Waals surface area contributed by atoms with Gasteiger partial charge in [0.2, 0.25) is 0 Å². The van der Waals surface area contributed by atoms with E-state index >= 15 is 0 Å². The lowest BCUT2D eigenvalue weighted by molar-refractivity contribution is 0.366. The molecule has 0 spiro atoms. The van der Waals surface area contributed by atoms with Crippen LogP contribution in [0.25, 0.3) is 0 Å². The largest absolute Gasteiger partial charge is 0.322 e. The van der Waals surface area contributed by atoms with Gasteiger partial charge in [-0.15, -0.1) is 0 Å². The summed E-state index contributed by atoms with van der Waals surface area (Å²) in [4.78, 5) is 6.40. The molecule has 2 rings (SSSR count). The topological polar surface area (TPSA) is 60.0 Å². The molecule has 2 aromatic rings. The molecule has 108 valence electrons. The maximum Gasteiger partial charge on any atom is 0.0834 e. The number of aromatic nitrogens is 3. The van der Waals surface area contributed by atoms with Crippen LogP contribution in [0.3, 0.4) is 0 Å². The summed E-state index contributed by atoms with van der Waals surface area (Å²) >= 11 is 6.22. The Balaban J connectivity index is 2.12. The van der Waals surface area contributed by atoms with Crippen LogP contribution in [0.5, 0.6) is 0 Å². The molecule has 0 fully saturated rings. The van der Waals surface area contributed by atoms with Crippen molar-refractivity contribution < 1.29 is 0 Å². The number of likely N-dealkylation sites (N-methyl/N-ethyl adjacent to an activating group) is 1. The molecule has 0 saturated carbocycles. The molecule has 0 saturated heterocycles. The van der Waals surface area contributed by atoms with Crippen molar-refractivity contribution in [1.82, 2.24) is 19.7 Å². The smallest absolute Gasteiger partial charge is 0.0834 e. The predicted octanol–water partition coefficient (Wildman–Crippen LogP) is 1.74. The van der Waals surface area contributed by atoms with E-state index in [1.807, 2.05) is 37.0 Å². The Morgan fingerprint density at radius 3 is 2.85 bits per heavy atom. The summed E-state index contributed by atoms with van der Waals surface area (Å²) in [7, 11) is 4.05. The standard InChI is InChI=1S/C14H20ClN5/c1-19(2)7-8-20-14(12(15)10-18-20)13(16)9-11-5-3-4-6-17-11/h3-6,10,13H,7-9,16H2,1-2H3. The first kappa shape index (κ1) is 15.0. The normalized spacial score (nSPS) is 12.8. The molecule has 20 heavy (non-hydrogen) atoms. The zero-order valence-electron chi connectivity index (χ0n) is 11.8. The zero-order chi connectivity index (χ0) is 14.5. The number of hydrogen-bond acceptors (Lipinski definition) is 4. The average Bonchev–Trinajstić information content (AvgIpc) is 2.78. The average molecular weight is 294 g/mol. The van der Waals surface area contributed by atoms with E-state index in [0.29, 0.717) is 11.4 Å². The fourth-order valence-electron chi connectivity index (χ4n) is 2.05. The minimum absolute atomic E-state index is 0.206. The first-order chi connectivity index (χ1) is 9.58. The van der Waals surface area contributed by atoms with Crippen LogP contribution in [-0.2, 0) is 13.0 Å². The highest BCUT2D eigenvalue weighted by molar-refractivity contribution is 6.31. The van der Waals surface area contributed by atoms with Gasteiger partial charge in [-0.3, -0.25) is 9.67 Å². The van der Waals surface area contributed by atoms with Crippen LogP contribution in [0.15, 0.2) is 30.6 Å². The third-order valence-corrected chi connectivity index (χ3v) is 3.39. The first-order valence-corrected chi connectivity index (χ1v) is 6.97.